The van der Waals surface area contributed by atoms with Crippen molar-refractivity contribution in [2.45, 2.75) is 30.8 Å². The predicted molar refractivity (Wildman–Crippen MR) is 94.4 cm³/mol. The highest BCUT2D eigenvalue weighted by molar-refractivity contribution is 6.09. The summed E-state index contributed by atoms with van der Waals surface area (Å²) in [5.74, 6) is -0.823. The summed E-state index contributed by atoms with van der Waals surface area (Å²) < 4.78 is 0. The van der Waals surface area contributed by atoms with Crippen molar-refractivity contribution in [2.75, 3.05) is 19.6 Å². The standard InChI is InChI=1S/C18H21N5O4/c19-16(26)22-8-12(9-22)20-14(24)10-23-15(25)18(21-17(23)27)7-3-5-11-4-1-2-6-13(11)18/h1-2,4,6,12H,3,5,7-10H2,(H2,19,26)(H,20,24)(H,21,27). The third-order valence-electron chi connectivity index (χ3n) is 5.51. The maximum Gasteiger partial charge on any atom is 0.325 e. The van der Waals surface area contributed by atoms with Gasteiger partial charge in [-0.25, -0.2) is 9.59 Å². The number of benzene rings is 1. The SMILES string of the molecule is NC(=O)N1CC(NC(=O)CN2C(=O)NC3(CCCc4ccccc43)C2=O)C1. The van der Waals surface area contributed by atoms with Gasteiger partial charge in [-0.3, -0.25) is 14.5 Å². The summed E-state index contributed by atoms with van der Waals surface area (Å²) in [4.78, 5) is 51.2. The lowest BCUT2D eigenvalue weighted by molar-refractivity contribution is -0.136. The number of rotatable bonds is 3. The first-order valence-electron chi connectivity index (χ1n) is 8.97. The van der Waals surface area contributed by atoms with E-state index < -0.39 is 23.5 Å². The first-order chi connectivity index (χ1) is 12.9. The summed E-state index contributed by atoms with van der Waals surface area (Å²) in [5.41, 5.74) is 5.93. The number of likely N-dealkylation sites (tertiary alicyclic amines) is 1. The van der Waals surface area contributed by atoms with E-state index in [0.717, 1.165) is 28.9 Å². The molecule has 9 heteroatoms. The van der Waals surface area contributed by atoms with Crippen LogP contribution in [-0.4, -0.2) is 59.4 Å². The summed E-state index contributed by atoms with van der Waals surface area (Å²) in [5, 5.41) is 5.54. The van der Waals surface area contributed by atoms with Gasteiger partial charge in [-0.05, 0) is 30.4 Å². The summed E-state index contributed by atoms with van der Waals surface area (Å²) in [6.45, 7) is 0.318. The maximum atomic E-state index is 13.1. The Labute approximate surface area is 155 Å². The van der Waals surface area contributed by atoms with Gasteiger partial charge in [-0.1, -0.05) is 24.3 Å². The molecule has 4 rings (SSSR count). The zero-order valence-electron chi connectivity index (χ0n) is 14.7. The second-order valence-corrected chi connectivity index (χ2v) is 7.25. The number of nitrogens with zero attached hydrogens (tertiary/aromatic N) is 2. The van der Waals surface area contributed by atoms with E-state index in [1.165, 1.54) is 4.90 Å². The summed E-state index contributed by atoms with van der Waals surface area (Å²) in [7, 11) is 0. The number of amides is 6. The maximum absolute atomic E-state index is 13.1. The van der Waals surface area contributed by atoms with Gasteiger partial charge >= 0.3 is 12.1 Å². The van der Waals surface area contributed by atoms with Crippen LogP contribution in [0.3, 0.4) is 0 Å². The van der Waals surface area contributed by atoms with Crippen molar-refractivity contribution < 1.29 is 19.2 Å². The van der Waals surface area contributed by atoms with Crippen molar-refractivity contribution in [1.82, 2.24) is 20.4 Å². The number of fused-ring (bicyclic) bond motifs is 2. The van der Waals surface area contributed by atoms with E-state index in [1.54, 1.807) is 0 Å². The third-order valence-corrected chi connectivity index (χ3v) is 5.51. The highest BCUT2D eigenvalue weighted by Crippen LogP contribution is 2.39. The van der Waals surface area contributed by atoms with Crippen LogP contribution in [0, 0.1) is 0 Å². The number of hydrogen-bond acceptors (Lipinski definition) is 4. The Balaban J connectivity index is 1.45. The number of nitrogens with two attached hydrogens (primary N) is 1. The first-order valence-corrected chi connectivity index (χ1v) is 8.97. The lowest BCUT2D eigenvalue weighted by atomic mass is 9.76. The van der Waals surface area contributed by atoms with Crippen molar-refractivity contribution in [2.24, 2.45) is 5.73 Å². The largest absolute Gasteiger partial charge is 0.351 e. The van der Waals surface area contributed by atoms with Crippen LogP contribution in [0.15, 0.2) is 24.3 Å². The summed E-state index contributed by atoms with van der Waals surface area (Å²) in [6.07, 6.45) is 2.16. The predicted octanol–water partition coefficient (Wildman–Crippen LogP) is -0.351. The Hall–Kier alpha value is -3.10. The van der Waals surface area contributed by atoms with E-state index in [0.29, 0.717) is 19.5 Å². The molecule has 3 aliphatic rings. The van der Waals surface area contributed by atoms with Gasteiger partial charge in [0.2, 0.25) is 5.91 Å². The Kier molecular flexibility index (Phi) is 4.01. The van der Waals surface area contributed by atoms with E-state index in [-0.39, 0.29) is 18.5 Å². The average Bonchev–Trinajstić information content (AvgIpc) is 2.83. The van der Waals surface area contributed by atoms with Crippen molar-refractivity contribution in [3.05, 3.63) is 35.4 Å². The van der Waals surface area contributed by atoms with Crippen LogP contribution in [0.2, 0.25) is 0 Å². The van der Waals surface area contributed by atoms with Crippen LogP contribution in [-0.2, 0) is 21.5 Å². The van der Waals surface area contributed by atoms with Crippen LogP contribution in [0.4, 0.5) is 9.59 Å². The molecule has 27 heavy (non-hydrogen) atoms. The lowest BCUT2D eigenvalue weighted by Crippen LogP contribution is -2.63. The fourth-order valence-corrected chi connectivity index (χ4v) is 4.12. The number of carbonyl (C=O) groups is 4. The summed E-state index contributed by atoms with van der Waals surface area (Å²) >= 11 is 0. The summed E-state index contributed by atoms with van der Waals surface area (Å²) in [6, 6.07) is 6.29. The highest BCUT2D eigenvalue weighted by Gasteiger charge is 2.54. The molecule has 9 nitrogen and oxygen atoms in total. The molecule has 0 saturated carbocycles. The van der Waals surface area contributed by atoms with Gasteiger partial charge in [0.05, 0.1) is 6.04 Å². The molecule has 2 aliphatic heterocycles. The first kappa shape index (κ1) is 17.3. The van der Waals surface area contributed by atoms with Crippen LogP contribution >= 0.6 is 0 Å². The van der Waals surface area contributed by atoms with Gasteiger partial charge < -0.3 is 21.3 Å². The van der Waals surface area contributed by atoms with Crippen LogP contribution < -0.4 is 16.4 Å². The monoisotopic (exact) mass is 371 g/mol. The van der Waals surface area contributed by atoms with Gasteiger partial charge in [-0.15, -0.1) is 0 Å². The second kappa shape index (κ2) is 6.26. The Morgan fingerprint density at radius 2 is 2.00 bits per heavy atom. The molecule has 1 aromatic rings. The molecule has 2 fully saturated rings. The van der Waals surface area contributed by atoms with Gasteiger partial charge in [0.1, 0.15) is 12.1 Å². The van der Waals surface area contributed by atoms with Crippen molar-refractivity contribution in [1.29, 1.82) is 0 Å². The van der Waals surface area contributed by atoms with Crippen molar-refractivity contribution in [3.63, 3.8) is 0 Å². The molecule has 2 heterocycles. The minimum atomic E-state index is -1.08. The van der Waals surface area contributed by atoms with Gasteiger partial charge in [0.15, 0.2) is 0 Å². The van der Waals surface area contributed by atoms with E-state index in [1.807, 2.05) is 24.3 Å². The number of aryl methyl sites for hydroxylation is 1. The van der Waals surface area contributed by atoms with Gasteiger partial charge in [0.25, 0.3) is 5.91 Å². The molecule has 2 saturated heterocycles. The molecule has 1 atom stereocenters. The van der Waals surface area contributed by atoms with E-state index in [4.69, 9.17) is 5.73 Å². The Bertz CT molecular complexity index is 835. The average molecular weight is 371 g/mol. The molecule has 6 amide bonds. The minimum absolute atomic E-state index is 0.213. The molecular weight excluding hydrogens is 350 g/mol. The fourth-order valence-electron chi connectivity index (χ4n) is 4.12. The molecule has 0 aromatic heterocycles. The molecule has 0 bridgehead atoms. The molecule has 1 unspecified atom stereocenters. The molecule has 0 radical (unpaired) electrons. The van der Waals surface area contributed by atoms with E-state index in [2.05, 4.69) is 10.6 Å². The molecule has 1 aliphatic carbocycles. The zero-order chi connectivity index (χ0) is 19.2. The number of imide groups is 1. The van der Waals surface area contributed by atoms with Gasteiger partial charge in [-0.2, -0.15) is 0 Å². The molecule has 142 valence electrons. The zero-order valence-corrected chi connectivity index (χ0v) is 14.7. The van der Waals surface area contributed by atoms with Crippen LogP contribution in [0.25, 0.3) is 0 Å². The van der Waals surface area contributed by atoms with Crippen LogP contribution in [0.5, 0.6) is 0 Å². The van der Waals surface area contributed by atoms with Crippen LogP contribution in [0.1, 0.15) is 24.0 Å². The van der Waals surface area contributed by atoms with E-state index >= 15 is 0 Å². The fraction of sp³-hybridized carbons (Fsp3) is 0.444. The Morgan fingerprint density at radius 3 is 2.74 bits per heavy atom. The third kappa shape index (κ3) is 2.79. The van der Waals surface area contributed by atoms with E-state index in [9.17, 15) is 19.2 Å². The lowest BCUT2D eigenvalue weighted by Gasteiger charge is -2.38. The minimum Gasteiger partial charge on any atom is -0.351 e. The number of carbonyl (C=O) groups excluding carboxylic acids is 4. The number of hydrogen-bond donors (Lipinski definition) is 3. The topological polar surface area (TPSA) is 125 Å². The van der Waals surface area contributed by atoms with Crippen molar-refractivity contribution >= 4 is 23.9 Å². The smallest absolute Gasteiger partial charge is 0.325 e. The Morgan fingerprint density at radius 1 is 1.26 bits per heavy atom. The number of primary amides is 1. The van der Waals surface area contributed by atoms with Crippen molar-refractivity contribution in [3.8, 4) is 0 Å². The molecular formula is C18H21N5O4. The molecule has 1 spiro atoms. The van der Waals surface area contributed by atoms with Gasteiger partial charge in [0, 0.05) is 13.1 Å². The quantitative estimate of drug-likeness (QED) is 0.628. The molecule has 4 N–H and O–H groups in total. The molecule has 1 aromatic carbocycles. The highest BCUT2D eigenvalue weighted by atomic mass is 16.2. The second-order valence-electron chi connectivity index (χ2n) is 7.25. The number of urea groups is 2. The normalized spacial score (nSPS) is 24.4. The number of nitrogens with one attached hydrogen (secondary N) is 2.